The van der Waals surface area contributed by atoms with Crippen LogP contribution in [-0.2, 0) is 19.4 Å². The van der Waals surface area contributed by atoms with Gasteiger partial charge in [-0.1, -0.05) is 12.1 Å². The first-order valence-electron chi connectivity index (χ1n) is 7.46. The van der Waals surface area contributed by atoms with Gasteiger partial charge in [-0.2, -0.15) is 5.10 Å². The van der Waals surface area contributed by atoms with Crippen molar-refractivity contribution in [1.29, 1.82) is 0 Å². The van der Waals surface area contributed by atoms with E-state index in [1.807, 2.05) is 24.3 Å². The number of amides is 1. The van der Waals surface area contributed by atoms with Gasteiger partial charge in [0.1, 0.15) is 5.75 Å². The summed E-state index contributed by atoms with van der Waals surface area (Å²) in [6, 6.07) is 7.86. The third kappa shape index (κ3) is 4.03. The van der Waals surface area contributed by atoms with Gasteiger partial charge in [0.15, 0.2) is 5.69 Å². The lowest BCUT2D eigenvalue weighted by atomic mass is 10.1. The number of carbonyl (C=O) groups is 1. The molecule has 0 radical (unpaired) electrons. The van der Waals surface area contributed by atoms with Gasteiger partial charge in [-0.05, 0) is 24.1 Å². The maximum Gasteiger partial charge on any atom is 0.272 e. The van der Waals surface area contributed by atoms with E-state index in [0.717, 1.165) is 42.0 Å². The second kappa shape index (κ2) is 7.99. The molecule has 0 spiro atoms. The summed E-state index contributed by atoms with van der Waals surface area (Å²) in [5.41, 5.74) is 3.69. The molecule has 0 unspecified atom stereocenters. The molecule has 2 heterocycles. The number of nitrogens with one attached hydrogen (secondary N) is 3. The molecule has 3 rings (SSSR count). The topological polar surface area (TPSA) is 79.0 Å². The molecule has 0 saturated heterocycles. The van der Waals surface area contributed by atoms with Crippen LogP contribution in [0.3, 0.4) is 0 Å². The van der Waals surface area contributed by atoms with E-state index in [1.165, 1.54) is 0 Å². The number of benzene rings is 1. The van der Waals surface area contributed by atoms with Gasteiger partial charge in [0.2, 0.25) is 0 Å². The zero-order chi connectivity index (χ0) is 15.4. The van der Waals surface area contributed by atoms with Crippen LogP contribution in [0.25, 0.3) is 0 Å². The van der Waals surface area contributed by atoms with Gasteiger partial charge in [-0.3, -0.25) is 9.89 Å². The number of hydrogen-bond acceptors (Lipinski definition) is 4. The van der Waals surface area contributed by atoms with Gasteiger partial charge in [0.05, 0.1) is 7.11 Å². The molecule has 0 bridgehead atoms. The van der Waals surface area contributed by atoms with Crippen molar-refractivity contribution in [2.45, 2.75) is 19.4 Å². The quantitative estimate of drug-likeness (QED) is 0.772. The minimum Gasteiger partial charge on any atom is -0.497 e. The Bertz CT molecular complexity index is 672. The molecule has 2 aromatic rings. The van der Waals surface area contributed by atoms with Gasteiger partial charge in [-0.25, -0.2) is 0 Å². The van der Waals surface area contributed by atoms with Crippen molar-refractivity contribution < 1.29 is 9.53 Å². The van der Waals surface area contributed by atoms with E-state index in [-0.39, 0.29) is 18.3 Å². The Labute approximate surface area is 141 Å². The minimum absolute atomic E-state index is 0. The number of fused-ring (bicyclic) bond motifs is 1. The molecule has 0 saturated carbocycles. The number of rotatable bonds is 5. The number of aromatic nitrogens is 2. The van der Waals surface area contributed by atoms with Crippen LogP contribution < -0.4 is 15.4 Å². The third-order valence-corrected chi connectivity index (χ3v) is 3.85. The van der Waals surface area contributed by atoms with Crippen molar-refractivity contribution in [2.24, 2.45) is 0 Å². The fourth-order valence-corrected chi connectivity index (χ4v) is 2.65. The first-order valence-corrected chi connectivity index (χ1v) is 7.46. The van der Waals surface area contributed by atoms with Crippen LogP contribution in [0.2, 0.25) is 0 Å². The average Bonchev–Trinajstić information content (AvgIpc) is 2.99. The monoisotopic (exact) mass is 336 g/mol. The number of aromatic amines is 1. The Morgan fingerprint density at radius 2 is 2.30 bits per heavy atom. The molecule has 1 aromatic carbocycles. The van der Waals surface area contributed by atoms with Gasteiger partial charge < -0.3 is 15.4 Å². The van der Waals surface area contributed by atoms with E-state index in [4.69, 9.17) is 4.74 Å². The van der Waals surface area contributed by atoms with Crippen molar-refractivity contribution in [3.8, 4) is 5.75 Å². The molecule has 1 aliphatic rings. The smallest absolute Gasteiger partial charge is 0.272 e. The fourth-order valence-electron chi connectivity index (χ4n) is 2.65. The van der Waals surface area contributed by atoms with Crippen molar-refractivity contribution in [1.82, 2.24) is 20.8 Å². The molecule has 0 aliphatic carbocycles. The Morgan fingerprint density at radius 3 is 3.13 bits per heavy atom. The Kier molecular flexibility index (Phi) is 6.01. The zero-order valence-electron chi connectivity index (χ0n) is 13.0. The largest absolute Gasteiger partial charge is 0.497 e. The molecule has 0 atom stereocenters. The highest BCUT2D eigenvalue weighted by Gasteiger charge is 2.21. The van der Waals surface area contributed by atoms with Crippen molar-refractivity contribution >= 4 is 18.3 Å². The van der Waals surface area contributed by atoms with Crippen LogP contribution >= 0.6 is 12.4 Å². The summed E-state index contributed by atoms with van der Waals surface area (Å²) in [6.45, 7) is 2.19. The van der Waals surface area contributed by atoms with Crippen LogP contribution in [0.15, 0.2) is 24.3 Å². The lowest BCUT2D eigenvalue weighted by Gasteiger charge is -2.12. The number of ether oxygens (including phenoxy) is 1. The summed E-state index contributed by atoms with van der Waals surface area (Å²) >= 11 is 0. The number of halogens is 1. The second-order valence-corrected chi connectivity index (χ2v) is 5.31. The van der Waals surface area contributed by atoms with Crippen molar-refractivity contribution in [3.63, 3.8) is 0 Å². The Hall–Kier alpha value is -2.05. The number of H-pyrrole nitrogens is 1. The molecule has 124 valence electrons. The number of hydrogen-bond donors (Lipinski definition) is 3. The van der Waals surface area contributed by atoms with Crippen molar-refractivity contribution in [3.05, 3.63) is 46.8 Å². The minimum atomic E-state index is -0.121. The van der Waals surface area contributed by atoms with Gasteiger partial charge >= 0.3 is 0 Å². The van der Waals surface area contributed by atoms with E-state index in [9.17, 15) is 4.79 Å². The molecule has 1 aromatic heterocycles. The third-order valence-electron chi connectivity index (χ3n) is 3.85. The van der Waals surface area contributed by atoms with Gasteiger partial charge in [0.25, 0.3) is 5.91 Å². The number of carbonyl (C=O) groups excluding carboxylic acids is 1. The lowest BCUT2D eigenvalue weighted by Crippen LogP contribution is -2.29. The Balaban J connectivity index is 0.00000192. The van der Waals surface area contributed by atoms with E-state index >= 15 is 0 Å². The van der Waals surface area contributed by atoms with Crippen LogP contribution in [0.4, 0.5) is 0 Å². The maximum atomic E-state index is 12.2. The molecule has 23 heavy (non-hydrogen) atoms. The second-order valence-electron chi connectivity index (χ2n) is 5.31. The van der Waals surface area contributed by atoms with Crippen LogP contribution in [-0.4, -0.2) is 36.3 Å². The number of methoxy groups -OCH3 is 1. The SMILES string of the molecule is COc1cccc(CCNC(=O)c2n[nH]c3c2CNCC3)c1.Cl. The van der Waals surface area contributed by atoms with Gasteiger partial charge in [0, 0.05) is 37.3 Å². The zero-order valence-corrected chi connectivity index (χ0v) is 13.8. The highest BCUT2D eigenvalue weighted by Crippen LogP contribution is 2.15. The summed E-state index contributed by atoms with van der Waals surface area (Å²) in [7, 11) is 1.65. The van der Waals surface area contributed by atoms with E-state index in [2.05, 4.69) is 20.8 Å². The van der Waals surface area contributed by atoms with Crippen LogP contribution in [0, 0.1) is 0 Å². The normalized spacial score (nSPS) is 12.9. The van der Waals surface area contributed by atoms with E-state index in [1.54, 1.807) is 7.11 Å². The first-order chi connectivity index (χ1) is 10.8. The van der Waals surface area contributed by atoms with E-state index < -0.39 is 0 Å². The molecular formula is C16H21ClN4O2. The van der Waals surface area contributed by atoms with E-state index in [0.29, 0.717) is 18.8 Å². The number of nitrogens with zero attached hydrogens (tertiary/aromatic N) is 1. The molecule has 7 heteroatoms. The highest BCUT2D eigenvalue weighted by atomic mass is 35.5. The first kappa shape index (κ1) is 17.3. The predicted molar refractivity (Wildman–Crippen MR) is 90.3 cm³/mol. The van der Waals surface area contributed by atoms with Crippen LogP contribution in [0.5, 0.6) is 5.75 Å². The van der Waals surface area contributed by atoms with Crippen molar-refractivity contribution in [2.75, 3.05) is 20.2 Å². The molecule has 3 N–H and O–H groups in total. The summed E-state index contributed by atoms with van der Waals surface area (Å²) in [5.74, 6) is 0.709. The molecular weight excluding hydrogens is 316 g/mol. The average molecular weight is 337 g/mol. The standard InChI is InChI=1S/C16H20N4O2.ClH/c1-22-12-4-2-3-11(9-12)5-8-18-16(21)15-13-10-17-7-6-14(13)19-20-15;/h2-4,9,17H,5-8,10H2,1H3,(H,18,21)(H,19,20);1H. The molecule has 6 nitrogen and oxygen atoms in total. The fraction of sp³-hybridized carbons (Fsp3) is 0.375. The van der Waals surface area contributed by atoms with Gasteiger partial charge in [-0.15, -0.1) is 12.4 Å². The maximum absolute atomic E-state index is 12.2. The summed E-state index contributed by atoms with van der Waals surface area (Å²) in [6.07, 6.45) is 1.65. The molecule has 0 fully saturated rings. The van der Waals surface area contributed by atoms with Crippen LogP contribution in [0.1, 0.15) is 27.3 Å². The lowest BCUT2D eigenvalue weighted by molar-refractivity contribution is 0.0948. The predicted octanol–water partition coefficient (Wildman–Crippen LogP) is 1.46. The summed E-state index contributed by atoms with van der Waals surface area (Å²) in [5, 5.41) is 13.3. The summed E-state index contributed by atoms with van der Waals surface area (Å²) in [4.78, 5) is 12.2. The highest BCUT2D eigenvalue weighted by molar-refractivity contribution is 5.94. The Morgan fingerprint density at radius 1 is 1.43 bits per heavy atom. The molecule has 1 amide bonds. The molecule has 1 aliphatic heterocycles. The summed E-state index contributed by atoms with van der Waals surface area (Å²) < 4.78 is 5.19.